The van der Waals surface area contributed by atoms with E-state index >= 15 is 0 Å². The van der Waals surface area contributed by atoms with Crippen LogP contribution in [0.1, 0.15) is 71.6 Å². The number of fused-ring (bicyclic) bond motifs is 1. The van der Waals surface area contributed by atoms with Gasteiger partial charge in [0.25, 0.3) is 0 Å². The predicted octanol–water partition coefficient (Wildman–Crippen LogP) is 12.4. The number of hydrogen-bond donors (Lipinski definition) is 0. The fourth-order valence-electron chi connectivity index (χ4n) is 7.45. The van der Waals surface area contributed by atoms with Crippen LogP contribution in [0.4, 0.5) is 0 Å². The van der Waals surface area contributed by atoms with Gasteiger partial charge in [0.05, 0.1) is 11.0 Å². The number of benzene rings is 4. The topological polar surface area (TPSA) is 4.93 Å². The highest BCUT2D eigenvalue weighted by Crippen LogP contribution is 2.56. The van der Waals surface area contributed by atoms with Crippen molar-refractivity contribution < 1.29 is 0 Å². The van der Waals surface area contributed by atoms with E-state index in [1.165, 1.54) is 72.0 Å². The van der Waals surface area contributed by atoms with Crippen LogP contribution in [0, 0.1) is 0 Å². The summed E-state index contributed by atoms with van der Waals surface area (Å²) in [5.41, 5.74) is 14.8. The van der Waals surface area contributed by atoms with Crippen molar-refractivity contribution in [2.75, 3.05) is 4.93 Å². The number of halogens is 1. The zero-order chi connectivity index (χ0) is 31.6. The summed E-state index contributed by atoms with van der Waals surface area (Å²) in [4.78, 5) is 1.97. The Morgan fingerprint density at radius 3 is 1.84 bits per heavy atom. The van der Waals surface area contributed by atoms with Crippen LogP contribution in [0.5, 0.6) is 0 Å². The second-order valence-electron chi connectivity index (χ2n) is 14.5. The average Bonchev–Trinajstić information content (AvgIpc) is 3.34. The second-order valence-corrected chi connectivity index (χ2v) is 14.5. The van der Waals surface area contributed by atoms with Crippen molar-refractivity contribution in [2.24, 2.45) is 0 Å². The first-order valence-corrected chi connectivity index (χ1v) is 17.8. The lowest BCUT2D eigenvalue weighted by Crippen LogP contribution is -2.32. The highest BCUT2D eigenvalue weighted by molar-refractivity contribution is 14.1. The van der Waals surface area contributed by atoms with Crippen LogP contribution in [-0.2, 0) is 16.2 Å². The maximum absolute atomic E-state index is 4.01. The largest absolute Gasteiger partial charge is 0.312 e. The zero-order valence-electron chi connectivity index (χ0n) is 27.5. The molecule has 44 heavy (non-hydrogen) atoms. The summed E-state index contributed by atoms with van der Waals surface area (Å²) in [5, 5.41) is 2.71. The minimum Gasteiger partial charge on any atom is -0.312 e. The monoisotopic (exact) mass is 689 g/mol. The van der Waals surface area contributed by atoms with E-state index in [2.05, 4.69) is 173 Å². The Labute approximate surface area is 277 Å². The summed E-state index contributed by atoms with van der Waals surface area (Å²) in [6.07, 6.45) is 7.32. The van der Waals surface area contributed by atoms with Crippen molar-refractivity contribution in [3.63, 3.8) is 0 Å². The third kappa shape index (κ3) is 4.72. The number of alkyl halides is 1. The van der Waals surface area contributed by atoms with Crippen molar-refractivity contribution in [3.8, 4) is 22.3 Å². The molecule has 0 unspecified atom stereocenters. The lowest BCUT2D eigenvalue weighted by molar-refractivity contribution is 0.515. The predicted molar refractivity (Wildman–Crippen MR) is 202 cm³/mol. The Hall–Kier alpha value is -3.37. The van der Waals surface area contributed by atoms with Gasteiger partial charge >= 0.3 is 0 Å². The van der Waals surface area contributed by atoms with Crippen LogP contribution < -0.4 is 0 Å². The normalized spacial score (nSPS) is 16.5. The van der Waals surface area contributed by atoms with Gasteiger partial charge in [-0.05, 0) is 91.0 Å². The van der Waals surface area contributed by atoms with Gasteiger partial charge in [-0.25, -0.2) is 0 Å². The third-order valence-corrected chi connectivity index (χ3v) is 9.81. The molecular weight excluding hydrogens is 645 g/mol. The molecule has 0 aliphatic carbocycles. The van der Waals surface area contributed by atoms with Gasteiger partial charge in [0.1, 0.15) is 0 Å². The van der Waals surface area contributed by atoms with Gasteiger partial charge in [0, 0.05) is 21.9 Å². The van der Waals surface area contributed by atoms with Gasteiger partial charge in [-0.1, -0.05) is 150 Å². The molecule has 0 saturated carbocycles. The molecule has 0 spiro atoms. The molecule has 0 atom stereocenters. The lowest BCUT2D eigenvalue weighted by atomic mass is 9.69. The maximum Gasteiger partial charge on any atom is 0.0579 e. The minimum atomic E-state index is -0.158. The first-order chi connectivity index (χ1) is 20.9. The minimum absolute atomic E-state index is 0.00474. The summed E-state index contributed by atoms with van der Waals surface area (Å²) in [6.45, 7) is 20.5. The molecule has 0 radical (unpaired) electrons. The van der Waals surface area contributed by atoms with Gasteiger partial charge in [-0.2, -0.15) is 0 Å². The Morgan fingerprint density at radius 1 is 0.727 bits per heavy atom. The zero-order valence-corrected chi connectivity index (χ0v) is 29.6. The van der Waals surface area contributed by atoms with Crippen molar-refractivity contribution in [2.45, 2.75) is 71.1 Å². The molecule has 1 aromatic heterocycles. The molecule has 2 aliphatic heterocycles. The Balaban J connectivity index is 0.00000168. The molecular formula is C42H44IN. The van der Waals surface area contributed by atoms with Crippen LogP contribution in [-0.4, -0.2) is 9.50 Å². The molecule has 1 nitrogen and oxygen atoms in total. The SMILES string of the molecule is C=C/C=C\C1=C2CC(C)(C)c3cc(-c4ccccc4)cc4c5cc(-c6ccc(C(C)(C)C)cc6)cc(c5n2c34)C1(C)C.CI. The quantitative estimate of drug-likeness (QED) is 0.101. The first kappa shape index (κ1) is 30.6. The van der Waals surface area contributed by atoms with Gasteiger partial charge < -0.3 is 4.57 Å². The first-order valence-electron chi connectivity index (χ1n) is 15.7. The highest BCUT2D eigenvalue weighted by Gasteiger charge is 2.42. The number of rotatable bonds is 4. The van der Waals surface area contributed by atoms with Crippen molar-refractivity contribution in [1.29, 1.82) is 0 Å². The maximum atomic E-state index is 4.01. The molecule has 7 rings (SSSR count). The smallest absolute Gasteiger partial charge is 0.0579 e. The number of hydrogen-bond acceptors (Lipinski definition) is 0. The number of nitrogens with zero attached hydrogens (tertiary/aromatic N) is 1. The van der Waals surface area contributed by atoms with Gasteiger partial charge in [-0.15, -0.1) is 0 Å². The molecule has 0 N–H and O–H groups in total. The van der Waals surface area contributed by atoms with E-state index in [1.54, 1.807) is 0 Å². The average molecular weight is 690 g/mol. The van der Waals surface area contributed by atoms with Crippen molar-refractivity contribution in [3.05, 3.63) is 126 Å². The summed E-state index contributed by atoms with van der Waals surface area (Å²) in [7, 11) is 0. The van der Waals surface area contributed by atoms with Gasteiger partial charge in [0.15, 0.2) is 0 Å². The van der Waals surface area contributed by atoms with E-state index < -0.39 is 0 Å². The van der Waals surface area contributed by atoms with E-state index in [0.29, 0.717) is 0 Å². The summed E-state index contributed by atoms with van der Waals surface area (Å²) >= 11 is 2.15. The Kier molecular flexibility index (Phi) is 7.60. The molecule has 3 heterocycles. The number of aromatic nitrogens is 1. The summed E-state index contributed by atoms with van der Waals surface area (Å²) in [6, 6.07) is 29.9. The fraction of sp³-hybridized carbons (Fsp3) is 0.286. The summed E-state index contributed by atoms with van der Waals surface area (Å²) < 4.78 is 2.62. The highest BCUT2D eigenvalue weighted by atomic mass is 127. The van der Waals surface area contributed by atoms with E-state index in [4.69, 9.17) is 0 Å². The van der Waals surface area contributed by atoms with Crippen LogP contribution in [0.2, 0.25) is 0 Å². The molecule has 4 aromatic carbocycles. The molecule has 2 heteroatoms. The van der Waals surface area contributed by atoms with E-state index in [-0.39, 0.29) is 16.2 Å². The third-order valence-electron chi connectivity index (χ3n) is 9.81. The van der Waals surface area contributed by atoms with E-state index in [0.717, 1.165) is 6.42 Å². The summed E-state index contributed by atoms with van der Waals surface area (Å²) in [5.74, 6) is 0. The molecule has 0 bridgehead atoms. The Bertz CT molecular complexity index is 1970. The fourth-order valence-corrected chi connectivity index (χ4v) is 7.45. The van der Waals surface area contributed by atoms with Gasteiger partial charge in [-0.3, -0.25) is 0 Å². The molecule has 0 saturated heterocycles. The van der Waals surface area contributed by atoms with Crippen molar-refractivity contribution >= 4 is 50.1 Å². The molecule has 5 aromatic rings. The Morgan fingerprint density at radius 2 is 1.27 bits per heavy atom. The molecule has 0 amide bonds. The standard InChI is InChI=1S/C41H41N.CH3I/c1-9-10-16-33-36-25-40(5,6)34-23-28(26-14-12-11-13-15-26)21-31-32-22-29(27-17-19-30(20-18-27)39(2,3)4)24-35(41(33,7)8)38(32)42(36)37(31)34;1-2/h9-24H,1,25H2,2-8H3;1H3/b16-10-;. The molecule has 224 valence electrons. The van der Waals surface area contributed by atoms with Crippen LogP contribution in [0.15, 0.2) is 109 Å². The van der Waals surface area contributed by atoms with Crippen LogP contribution in [0.3, 0.4) is 0 Å². The van der Waals surface area contributed by atoms with Crippen LogP contribution >= 0.6 is 22.6 Å². The lowest BCUT2D eigenvalue weighted by Gasteiger charge is -2.42. The van der Waals surface area contributed by atoms with Gasteiger partial charge in [0.2, 0.25) is 0 Å². The van der Waals surface area contributed by atoms with Crippen LogP contribution in [0.25, 0.3) is 49.8 Å². The number of allylic oxidation sites excluding steroid dienone is 5. The molecule has 0 fully saturated rings. The second kappa shape index (κ2) is 10.9. The molecule has 2 aliphatic rings. The van der Waals surface area contributed by atoms with Crippen molar-refractivity contribution in [1.82, 2.24) is 4.57 Å². The van der Waals surface area contributed by atoms with E-state index in [1.807, 2.05) is 11.0 Å². The van der Waals surface area contributed by atoms with E-state index in [9.17, 15) is 0 Å².